The van der Waals surface area contributed by atoms with Gasteiger partial charge in [0.15, 0.2) is 0 Å². The first-order chi connectivity index (χ1) is 26.4. The Kier molecular flexibility index (Phi) is 29.8. The molecule has 0 amide bonds. The van der Waals surface area contributed by atoms with Gasteiger partial charge in [-0.25, -0.2) is 38.7 Å². The van der Waals surface area contributed by atoms with Crippen LogP contribution in [0.25, 0.3) is 6.08 Å². The number of benzene rings is 3. The lowest BCUT2D eigenvalue weighted by molar-refractivity contribution is -0.259. The van der Waals surface area contributed by atoms with Crippen LogP contribution >= 0.6 is 0 Å². The highest BCUT2D eigenvalue weighted by molar-refractivity contribution is 5.92. The van der Waals surface area contributed by atoms with Gasteiger partial charge < -0.3 is 0 Å². The third kappa shape index (κ3) is 27.0. The quantitative estimate of drug-likeness (QED) is 0.0537. The molecule has 0 radical (unpaired) electrons. The van der Waals surface area contributed by atoms with Gasteiger partial charge in [-0.1, -0.05) is 196 Å². The van der Waals surface area contributed by atoms with Gasteiger partial charge in [0.2, 0.25) is 0 Å². The number of hydrogen-bond donors (Lipinski definition) is 0. The van der Waals surface area contributed by atoms with E-state index < -0.39 is 23.9 Å². The Labute approximate surface area is 324 Å². The molecule has 0 bridgehead atoms. The Bertz CT molecular complexity index is 1290. The number of unbranched alkanes of at least 4 members (excludes halogenated alkanes) is 16. The lowest BCUT2D eigenvalue weighted by Gasteiger charge is -2.04. The van der Waals surface area contributed by atoms with E-state index in [1.165, 1.54) is 82.6 Å². The van der Waals surface area contributed by atoms with Crippen molar-refractivity contribution >= 4 is 30.0 Å². The van der Waals surface area contributed by atoms with Crippen LogP contribution in [0.15, 0.2) is 97.6 Å². The Hall–Kier alpha value is -4.72. The highest BCUT2D eigenvalue weighted by atomic mass is 17.2. The second kappa shape index (κ2) is 34.1. The van der Waals surface area contributed by atoms with Crippen LogP contribution in [0.5, 0.6) is 0 Å². The van der Waals surface area contributed by atoms with Crippen molar-refractivity contribution in [3.05, 3.63) is 114 Å². The van der Waals surface area contributed by atoms with Gasteiger partial charge in [-0.2, -0.15) is 0 Å². The summed E-state index contributed by atoms with van der Waals surface area (Å²) in [6, 6.07) is 26.6. The van der Waals surface area contributed by atoms with Crippen LogP contribution in [-0.4, -0.2) is 23.9 Å². The van der Waals surface area contributed by atoms with Gasteiger partial charge in [-0.3, -0.25) is 0 Å². The normalized spacial score (nSPS) is 10.0. The van der Waals surface area contributed by atoms with E-state index in [1.807, 2.05) is 36.4 Å². The molecule has 0 atom stereocenters. The SMILES string of the molecule is C=Cc1ccccc1.CCCCCCCCCCCC(=O)OOC(=O)CCCCCCCCCCC.O=C(OOC(=O)c1ccccc1)c1ccccc1. The molecule has 0 aliphatic carbocycles. The fourth-order valence-corrected chi connectivity index (χ4v) is 5.25. The molecular formula is C46H64O8. The third-order valence-electron chi connectivity index (χ3n) is 8.44. The first-order valence-corrected chi connectivity index (χ1v) is 20.0. The summed E-state index contributed by atoms with van der Waals surface area (Å²) < 4.78 is 0. The minimum absolute atomic E-state index is 0.318. The van der Waals surface area contributed by atoms with Crippen molar-refractivity contribution in [2.24, 2.45) is 0 Å². The fraction of sp³-hybridized carbons (Fsp3) is 0.478. The molecule has 0 aliphatic heterocycles. The van der Waals surface area contributed by atoms with E-state index >= 15 is 0 Å². The Morgan fingerprint density at radius 1 is 0.426 bits per heavy atom. The molecule has 54 heavy (non-hydrogen) atoms. The van der Waals surface area contributed by atoms with E-state index in [2.05, 4.69) is 40.0 Å². The van der Waals surface area contributed by atoms with Crippen LogP contribution < -0.4 is 0 Å². The van der Waals surface area contributed by atoms with Crippen molar-refractivity contribution in [1.29, 1.82) is 0 Å². The van der Waals surface area contributed by atoms with Crippen LogP contribution in [0.2, 0.25) is 0 Å². The molecule has 3 rings (SSSR count). The van der Waals surface area contributed by atoms with Crippen molar-refractivity contribution in [2.75, 3.05) is 0 Å². The van der Waals surface area contributed by atoms with E-state index in [4.69, 9.17) is 0 Å². The molecule has 0 aromatic heterocycles. The summed E-state index contributed by atoms with van der Waals surface area (Å²) in [7, 11) is 0. The maximum absolute atomic E-state index is 11.6. The molecule has 296 valence electrons. The first-order valence-electron chi connectivity index (χ1n) is 20.0. The topological polar surface area (TPSA) is 105 Å². The average molecular weight is 745 g/mol. The molecule has 0 heterocycles. The van der Waals surface area contributed by atoms with Crippen molar-refractivity contribution in [3.8, 4) is 0 Å². The minimum atomic E-state index is -0.708. The van der Waals surface area contributed by atoms with Crippen LogP contribution in [0, 0.1) is 0 Å². The van der Waals surface area contributed by atoms with Crippen molar-refractivity contribution in [3.63, 3.8) is 0 Å². The lowest BCUT2D eigenvalue weighted by Crippen LogP contribution is -2.11. The van der Waals surface area contributed by atoms with Gasteiger partial charge in [0.1, 0.15) is 0 Å². The predicted octanol–water partition coefficient (Wildman–Crippen LogP) is 12.8. The van der Waals surface area contributed by atoms with Gasteiger partial charge in [0.25, 0.3) is 0 Å². The molecule has 0 saturated carbocycles. The monoisotopic (exact) mass is 744 g/mol. The molecular weight excluding hydrogens is 680 g/mol. The van der Waals surface area contributed by atoms with Gasteiger partial charge >= 0.3 is 23.9 Å². The molecule has 3 aromatic rings. The number of hydrogen-bond acceptors (Lipinski definition) is 8. The standard InChI is InChI=1S/C24H46O4.C14H10O4.C8H8/c1-3-5-7-9-11-13-15-17-19-21-23(25)27-28-24(26)22-20-18-16-14-12-10-8-6-4-2;15-13(11-7-3-1-4-8-11)17-18-14(16)12-9-5-2-6-10-12;1-2-8-6-4-3-5-7-8/h3-22H2,1-2H3;1-10H;2-7H,1H2. The first kappa shape index (κ1) is 47.3. The Morgan fingerprint density at radius 2 is 0.722 bits per heavy atom. The Morgan fingerprint density at radius 3 is 1.02 bits per heavy atom. The highest BCUT2D eigenvalue weighted by Gasteiger charge is 2.13. The average Bonchev–Trinajstić information content (AvgIpc) is 3.22. The van der Waals surface area contributed by atoms with Crippen molar-refractivity contribution in [1.82, 2.24) is 0 Å². The lowest BCUT2D eigenvalue weighted by atomic mass is 10.1. The van der Waals surface area contributed by atoms with E-state index in [0.29, 0.717) is 24.0 Å². The van der Waals surface area contributed by atoms with E-state index in [0.717, 1.165) is 38.5 Å². The van der Waals surface area contributed by atoms with E-state index in [-0.39, 0.29) is 0 Å². The van der Waals surface area contributed by atoms with E-state index in [9.17, 15) is 19.2 Å². The second-order valence-electron chi connectivity index (χ2n) is 13.2. The summed E-state index contributed by atoms with van der Waals surface area (Å²) in [4.78, 5) is 64.3. The summed E-state index contributed by atoms with van der Waals surface area (Å²) in [6.07, 6.45) is 24.2. The molecule has 0 saturated heterocycles. The zero-order valence-electron chi connectivity index (χ0n) is 32.9. The maximum Gasteiger partial charge on any atom is 0.386 e. The highest BCUT2D eigenvalue weighted by Crippen LogP contribution is 2.13. The van der Waals surface area contributed by atoms with E-state index in [1.54, 1.807) is 60.7 Å². The molecule has 0 aliphatic rings. The van der Waals surface area contributed by atoms with Gasteiger partial charge in [-0.05, 0) is 42.7 Å². The summed E-state index contributed by atoms with van der Waals surface area (Å²) in [5.41, 5.74) is 1.81. The molecule has 8 nitrogen and oxygen atoms in total. The molecule has 0 N–H and O–H groups in total. The molecule has 3 aromatic carbocycles. The summed E-state index contributed by atoms with van der Waals surface area (Å²) in [6.45, 7) is 8.09. The smallest absolute Gasteiger partial charge is 0.247 e. The van der Waals surface area contributed by atoms with Crippen LogP contribution in [0.3, 0.4) is 0 Å². The molecule has 0 fully saturated rings. The molecule has 0 spiro atoms. The van der Waals surface area contributed by atoms with Crippen molar-refractivity contribution in [2.45, 2.75) is 142 Å². The van der Waals surface area contributed by atoms with Crippen LogP contribution in [0.1, 0.15) is 169 Å². The molecule has 0 unspecified atom stereocenters. The van der Waals surface area contributed by atoms with Crippen LogP contribution in [-0.2, 0) is 29.1 Å². The fourth-order valence-electron chi connectivity index (χ4n) is 5.25. The van der Waals surface area contributed by atoms with Gasteiger partial charge in [-0.15, -0.1) is 0 Å². The van der Waals surface area contributed by atoms with Gasteiger partial charge in [0, 0.05) is 0 Å². The van der Waals surface area contributed by atoms with Gasteiger partial charge in [0.05, 0.1) is 24.0 Å². The molecule has 8 heteroatoms. The summed E-state index contributed by atoms with van der Waals surface area (Å²) in [5, 5.41) is 0. The maximum atomic E-state index is 11.6. The summed E-state index contributed by atoms with van der Waals surface area (Å²) >= 11 is 0. The van der Waals surface area contributed by atoms with Crippen molar-refractivity contribution < 1.29 is 38.7 Å². The summed E-state index contributed by atoms with van der Waals surface area (Å²) in [5.74, 6) is -2.27. The number of carbonyl (C=O) groups excluding carboxylic acids is 4. The minimum Gasteiger partial charge on any atom is -0.247 e. The Balaban J connectivity index is 0.000000470. The third-order valence-corrected chi connectivity index (χ3v) is 8.44. The zero-order chi connectivity index (χ0) is 39.3. The second-order valence-corrected chi connectivity index (χ2v) is 13.2. The zero-order valence-corrected chi connectivity index (χ0v) is 32.9. The number of carbonyl (C=O) groups is 4. The largest absolute Gasteiger partial charge is 0.386 e. The predicted molar refractivity (Wildman–Crippen MR) is 216 cm³/mol. The number of rotatable bonds is 23. The van der Waals surface area contributed by atoms with Crippen LogP contribution in [0.4, 0.5) is 0 Å².